The van der Waals surface area contributed by atoms with E-state index in [1.54, 1.807) is 0 Å². The molecule has 1 aromatic carbocycles. The molecule has 0 aliphatic carbocycles. The number of amides is 3. The van der Waals surface area contributed by atoms with Crippen LogP contribution in [0, 0.1) is 10.1 Å². The Kier molecular flexibility index (Phi) is 4.37. The predicted molar refractivity (Wildman–Crippen MR) is 77.1 cm³/mol. The fourth-order valence-electron chi connectivity index (χ4n) is 2.11. The van der Waals surface area contributed by atoms with E-state index in [4.69, 9.17) is 10.8 Å². The number of aliphatic hydroxyl groups excluding tert-OH is 1. The lowest BCUT2D eigenvalue weighted by molar-refractivity contribution is -0.385. The van der Waals surface area contributed by atoms with Crippen LogP contribution in [0.5, 0.6) is 0 Å². The summed E-state index contributed by atoms with van der Waals surface area (Å²) >= 11 is 0. The van der Waals surface area contributed by atoms with Crippen LogP contribution >= 0.6 is 0 Å². The number of benzene rings is 1. The van der Waals surface area contributed by atoms with E-state index >= 15 is 0 Å². The molecule has 10 heteroatoms. The van der Waals surface area contributed by atoms with Gasteiger partial charge in [0.05, 0.1) is 23.8 Å². The fourth-order valence-corrected chi connectivity index (χ4v) is 2.11. The number of nitro benzene ring substituents is 1. The average molecular weight is 320 g/mol. The summed E-state index contributed by atoms with van der Waals surface area (Å²) in [4.78, 5) is 46.2. The van der Waals surface area contributed by atoms with E-state index in [2.05, 4.69) is 5.32 Å². The molecule has 1 aliphatic rings. The fraction of sp³-hybridized carbons (Fsp3) is 0.154. The zero-order valence-corrected chi connectivity index (χ0v) is 11.7. The van der Waals surface area contributed by atoms with E-state index in [9.17, 15) is 24.5 Å². The molecule has 1 aromatic rings. The van der Waals surface area contributed by atoms with Crippen molar-refractivity contribution in [2.45, 2.75) is 0 Å². The third-order valence-electron chi connectivity index (χ3n) is 3.09. The van der Waals surface area contributed by atoms with Crippen molar-refractivity contribution in [3.05, 3.63) is 45.6 Å². The van der Waals surface area contributed by atoms with Crippen LogP contribution in [0.1, 0.15) is 10.4 Å². The number of nitrogens with zero attached hydrogens (tertiary/aromatic N) is 2. The standard InChI is InChI=1S/C13H12N4O6/c14-12(20)11-7(2-1-3-9(11)17(22)23)15-8-6-10(19)16(4-5-18)13(8)21/h1-3,6,15,18H,4-5H2,(H2,14,20). The molecule has 1 heterocycles. The number of nitro groups is 1. The number of hydrogen-bond donors (Lipinski definition) is 3. The number of primary amides is 1. The van der Waals surface area contributed by atoms with Crippen molar-refractivity contribution in [2.75, 3.05) is 18.5 Å². The maximum Gasteiger partial charge on any atom is 0.284 e. The number of rotatable bonds is 6. The van der Waals surface area contributed by atoms with Gasteiger partial charge in [-0.15, -0.1) is 0 Å². The molecule has 0 fully saturated rings. The topological polar surface area (TPSA) is 156 Å². The normalized spacial score (nSPS) is 14.0. The van der Waals surface area contributed by atoms with Crippen molar-refractivity contribution in [3.8, 4) is 0 Å². The second-order valence-electron chi connectivity index (χ2n) is 4.52. The molecule has 10 nitrogen and oxygen atoms in total. The molecule has 0 atom stereocenters. The molecule has 1 aliphatic heterocycles. The smallest absolute Gasteiger partial charge is 0.284 e. The molecule has 0 unspecified atom stereocenters. The van der Waals surface area contributed by atoms with Crippen LogP contribution < -0.4 is 11.1 Å². The third kappa shape index (κ3) is 3.01. The Morgan fingerprint density at radius 1 is 1.39 bits per heavy atom. The maximum absolute atomic E-state index is 12.0. The number of imide groups is 1. The average Bonchev–Trinajstić information content (AvgIpc) is 2.74. The van der Waals surface area contributed by atoms with E-state index in [0.29, 0.717) is 0 Å². The van der Waals surface area contributed by atoms with Crippen LogP contribution in [0.4, 0.5) is 11.4 Å². The minimum atomic E-state index is -1.05. The predicted octanol–water partition coefficient (Wildman–Crippen LogP) is -0.649. The number of hydrogen-bond acceptors (Lipinski definition) is 7. The molecule has 0 saturated heterocycles. The first-order valence-corrected chi connectivity index (χ1v) is 6.39. The van der Waals surface area contributed by atoms with Crippen molar-refractivity contribution < 1.29 is 24.4 Å². The quantitative estimate of drug-likeness (QED) is 0.357. The van der Waals surface area contributed by atoms with Gasteiger partial charge in [-0.05, 0) is 6.07 Å². The molecule has 0 saturated carbocycles. The van der Waals surface area contributed by atoms with Gasteiger partial charge < -0.3 is 16.2 Å². The SMILES string of the molecule is NC(=O)c1c(NC2=CC(=O)N(CCO)C2=O)cccc1[N+](=O)[O-]. The summed E-state index contributed by atoms with van der Waals surface area (Å²) in [5.41, 5.74) is 4.00. The minimum absolute atomic E-state index is 0.0649. The summed E-state index contributed by atoms with van der Waals surface area (Å²) in [5, 5.41) is 22.3. The Labute approximate surface area is 129 Å². The Bertz CT molecular complexity index is 742. The minimum Gasteiger partial charge on any atom is -0.395 e. The number of nitrogens with one attached hydrogen (secondary N) is 1. The van der Waals surface area contributed by atoms with Crippen LogP contribution in [0.2, 0.25) is 0 Å². The highest BCUT2D eigenvalue weighted by atomic mass is 16.6. The highest BCUT2D eigenvalue weighted by Gasteiger charge is 2.32. The molecule has 23 heavy (non-hydrogen) atoms. The Morgan fingerprint density at radius 3 is 2.65 bits per heavy atom. The van der Waals surface area contributed by atoms with E-state index < -0.39 is 40.5 Å². The molecule has 0 aromatic heterocycles. The lowest BCUT2D eigenvalue weighted by atomic mass is 10.1. The van der Waals surface area contributed by atoms with Crippen molar-refractivity contribution in [1.82, 2.24) is 4.90 Å². The van der Waals surface area contributed by atoms with E-state index in [-0.39, 0.29) is 17.9 Å². The van der Waals surface area contributed by atoms with Crippen molar-refractivity contribution in [1.29, 1.82) is 0 Å². The Hall–Kier alpha value is -3.27. The van der Waals surface area contributed by atoms with Gasteiger partial charge in [-0.2, -0.15) is 0 Å². The van der Waals surface area contributed by atoms with Crippen molar-refractivity contribution in [3.63, 3.8) is 0 Å². The van der Waals surface area contributed by atoms with E-state index in [0.717, 1.165) is 17.0 Å². The van der Waals surface area contributed by atoms with Gasteiger partial charge in [0, 0.05) is 12.1 Å². The third-order valence-corrected chi connectivity index (χ3v) is 3.09. The summed E-state index contributed by atoms with van der Waals surface area (Å²) in [7, 11) is 0. The van der Waals surface area contributed by atoms with Gasteiger partial charge in [-0.3, -0.25) is 29.4 Å². The molecule has 0 bridgehead atoms. The summed E-state index contributed by atoms with van der Waals surface area (Å²) in [6.45, 7) is -0.584. The van der Waals surface area contributed by atoms with Crippen LogP contribution in [0.25, 0.3) is 0 Å². The molecule has 3 amide bonds. The van der Waals surface area contributed by atoms with Crippen LogP contribution in [0.3, 0.4) is 0 Å². The molecular formula is C13H12N4O6. The summed E-state index contributed by atoms with van der Waals surface area (Å²) in [5.74, 6) is -2.41. The first kappa shape index (κ1) is 16.1. The number of anilines is 1. The van der Waals surface area contributed by atoms with Crippen LogP contribution in [0.15, 0.2) is 30.0 Å². The number of carbonyl (C=O) groups is 3. The lowest BCUT2D eigenvalue weighted by Crippen LogP contribution is -2.34. The van der Waals surface area contributed by atoms with Gasteiger partial charge in [0.15, 0.2) is 0 Å². The van der Waals surface area contributed by atoms with Gasteiger partial charge in [-0.25, -0.2) is 0 Å². The monoisotopic (exact) mass is 320 g/mol. The van der Waals surface area contributed by atoms with Crippen molar-refractivity contribution >= 4 is 29.1 Å². The number of β-amino-alcohol motifs (C(OH)–C–C–N with tert-alkyl or cyclic N) is 1. The molecule has 4 N–H and O–H groups in total. The molecule has 0 radical (unpaired) electrons. The van der Waals surface area contributed by atoms with Gasteiger partial charge >= 0.3 is 0 Å². The van der Waals surface area contributed by atoms with Gasteiger partial charge in [0.25, 0.3) is 23.4 Å². The van der Waals surface area contributed by atoms with E-state index in [1.165, 1.54) is 12.1 Å². The van der Waals surface area contributed by atoms with E-state index in [1.807, 2.05) is 0 Å². The second kappa shape index (κ2) is 6.23. The zero-order valence-electron chi connectivity index (χ0n) is 11.7. The number of aliphatic hydroxyl groups is 1. The first-order valence-electron chi connectivity index (χ1n) is 6.39. The number of nitrogens with two attached hydrogens (primary N) is 1. The van der Waals surface area contributed by atoms with Gasteiger partial charge in [0.1, 0.15) is 11.3 Å². The van der Waals surface area contributed by atoms with Gasteiger partial charge in [0.2, 0.25) is 0 Å². The summed E-state index contributed by atoms with van der Waals surface area (Å²) < 4.78 is 0. The van der Waals surface area contributed by atoms with Crippen LogP contribution in [-0.2, 0) is 9.59 Å². The molecule has 120 valence electrons. The summed E-state index contributed by atoms with van der Waals surface area (Å²) in [6, 6.07) is 3.72. The van der Waals surface area contributed by atoms with Crippen LogP contribution in [-0.4, -0.2) is 45.8 Å². The molecule has 0 spiro atoms. The second-order valence-corrected chi connectivity index (χ2v) is 4.52. The molecular weight excluding hydrogens is 308 g/mol. The maximum atomic E-state index is 12.0. The van der Waals surface area contributed by atoms with Gasteiger partial charge in [-0.1, -0.05) is 6.07 Å². The molecule has 2 rings (SSSR count). The Balaban J connectivity index is 2.38. The van der Waals surface area contributed by atoms with Crippen molar-refractivity contribution in [2.24, 2.45) is 5.73 Å². The zero-order chi connectivity index (χ0) is 17.1. The number of carbonyl (C=O) groups excluding carboxylic acids is 3. The highest BCUT2D eigenvalue weighted by Crippen LogP contribution is 2.28. The largest absolute Gasteiger partial charge is 0.395 e. The first-order chi connectivity index (χ1) is 10.9. The highest BCUT2D eigenvalue weighted by molar-refractivity contribution is 6.18. The lowest BCUT2D eigenvalue weighted by Gasteiger charge is -2.14. The summed E-state index contributed by atoms with van der Waals surface area (Å²) in [6.07, 6.45) is 0.974. The Morgan fingerprint density at radius 2 is 2.09 bits per heavy atom.